The molecule has 1 aliphatic rings. The van der Waals surface area contributed by atoms with Gasteiger partial charge in [0.15, 0.2) is 0 Å². The smallest absolute Gasteiger partial charge is 0.265 e. The molecule has 3 rings (SSSR count). The van der Waals surface area contributed by atoms with Crippen LogP contribution in [-0.4, -0.2) is 11.7 Å². The van der Waals surface area contributed by atoms with Gasteiger partial charge >= 0.3 is 0 Å². The summed E-state index contributed by atoms with van der Waals surface area (Å²) >= 11 is 3.55. The fourth-order valence-corrected chi connectivity index (χ4v) is 4.76. The van der Waals surface area contributed by atoms with Gasteiger partial charge in [-0.2, -0.15) is 11.8 Å². The molecule has 21 heavy (non-hydrogen) atoms. The van der Waals surface area contributed by atoms with Crippen LogP contribution in [0.15, 0.2) is 18.2 Å². The van der Waals surface area contributed by atoms with Gasteiger partial charge in [-0.25, -0.2) is 0 Å². The number of nitrogens with two attached hydrogens (primary N) is 1. The van der Waals surface area contributed by atoms with E-state index in [1.807, 2.05) is 43.8 Å². The number of rotatable bonds is 2. The highest BCUT2D eigenvalue weighted by Crippen LogP contribution is 2.33. The summed E-state index contributed by atoms with van der Waals surface area (Å²) in [6.07, 6.45) is 1.08. The molecule has 1 aliphatic heterocycles. The quantitative estimate of drug-likeness (QED) is 0.823. The van der Waals surface area contributed by atoms with Gasteiger partial charge in [-0.15, -0.1) is 11.3 Å². The third-order valence-electron chi connectivity index (χ3n) is 3.81. The predicted molar refractivity (Wildman–Crippen MR) is 92.5 cm³/mol. The number of nitrogen functional groups attached to an aromatic ring is 1. The fraction of sp³-hybridized carbons (Fsp3) is 0.312. The van der Waals surface area contributed by atoms with E-state index in [4.69, 9.17) is 5.73 Å². The zero-order chi connectivity index (χ0) is 15.0. The molecule has 5 heteroatoms. The molecule has 110 valence electrons. The maximum absolute atomic E-state index is 12.5. The second kappa shape index (κ2) is 5.73. The highest BCUT2D eigenvalue weighted by atomic mass is 32.2. The Morgan fingerprint density at radius 3 is 2.90 bits per heavy atom. The molecule has 0 saturated heterocycles. The zero-order valence-corrected chi connectivity index (χ0v) is 13.8. The van der Waals surface area contributed by atoms with Crippen LogP contribution in [-0.2, 0) is 12.2 Å². The van der Waals surface area contributed by atoms with Crippen LogP contribution in [0, 0.1) is 13.8 Å². The molecule has 2 aromatic rings. The number of thioether (sulfide) groups is 1. The lowest BCUT2D eigenvalue weighted by molar-refractivity contribution is 0.103. The number of benzene rings is 1. The normalized spacial score (nSPS) is 13.8. The van der Waals surface area contributed by atoms with Crippen molar-refractivity contribution >= 4 is 40.4 Å². The molecule has 2 heterocycles. The summed E-state index contributed by atoms with van der Waals surface area (Å²) in [5.74, 6) is 2.15. The molecule has 3 nitrogen and oxygen atoms in total. The van der Waals surface area contributed by atoms with Crippen molar-refractivity contribution in [1.29, 1.82) is 0 Å². The number of nitrogens with one attached hydrogen (secondary N) is 1. The molecule has 0 aliphatic carbocycles. The van der Waals surface area contributed by atoms with E-state index in [9.17, 15) is 4.79 Å². The topological polar surface area (TPSA) is 55.1 Å². The molecule has 0 atom stereocenters. The van der Waals surface area contributed by atoms with Gasteiger partial charge in [-0.05, 0) is 54.8 Å². The van der Waals surface area contributed by atoms with Crippen LogP contribution < -0.4 is 11.1 Å². The van der Waals surface area contributed by atoms with Crippen molar-refractivity contribution in [3.05, 3.63) is 44.6 Å². The van der Waals surface area contributed by atoms with E-state index < -0.39 is 0 Å². The standard InChI is InChI=1S/C16H18N2OS2/c1-9-3-4-12(17)10(2)15(9)18-16(19)14-7-11-8-20-6-5-13(11)21-14/h3-4,7H,5-6,8,17H2,1-2H3,(H,18,19). The minimum absolute atomic E-state index is 0.0313. The Morgan fingerprint density at radius 2 is 2.14 bits per heavy atom. The number of aryl methyl sites for hydroxylation is 2. The molecule has 0 radical (unpaired) electrons. The Morgan fingerprint density at radius 1 is 1.33 bits per heavy atom. The molecule has 1 amide bonds. The molecule has 0 spiro atoms. The number of fused-ring (bicyclic) bond motifs is 1. The predicted octanol–water partition coefficient (Wildman–Crippen LogP) is 3.99. The van der Waals surface area contributed by atoms with Crippen LogP contribution in [0.1, 0.15) is 31.2 Å². The molecule has 0 bridgehead atoms. The Hall–Kier alpha value is -1.46. The lowest BCUT2D eigenvalue weighted by atomic mass is 10.1. The number of hydrogen-bond donors (Lipinski definition) is 2. The van der Waals surface area contributed by atoms with Crippen LogP contribution in [0.3, 0.4) is 0 Å². The number of amides is 1. The van der Waals surface area contributed by atoms with Crippen molar-refractivity contribution in [1.82, 2.24) is 0 Å². The summed E-state index contributed by atoms with van der Waals surface area (Å²) in [4.78, 5) is 14.7. The van der Waals surface area contributed by atoms with Crippen LogP contribution in [0.5, 0.6) is 0 Å². The van der Waals surface area contributed by atoms with E-state index >= 15 is 0 Å². The molecule has 1 aromatic heterocycles. The van der Waals surface area contributed by atoms with Gasteiger partial charge in [-0.3, -0.25) is 4.79 Å². The number of carbonyl (C=O) groups is 1. The number of anilines is 2. The third kappa shape index (κ3) is 2.80. The van der Waals surface area contributed by atoms with Crippen molar-refractivity contribution in [3.8, 4) is 0 Å². The Kier molecular flexibility index (Phi) is 3.95. The summed E-state index contributed by atoms with van der Waals surface area (Å²) in [5.41, 5.74) is 10.8. The van der Waals surface area contributed by atoms with Crippen molar-refractivity contribution in [2.75, 3.05) is 16.8 Å². The average Bonchev–Trinajstić information content (AvgIpc) is 2.91. The van der Waals surface area contributed by atoms with E-state index in [1.54, 1.807) is 11.3 Å². The SMILES string of the molecule is Cc1ccc(N)c(C)c1NC(=O)c1cc2c(s1)CCSC2. The van der Waals surface area contributed by atoms with E-state index in [0.717, 1.165) is 39.6 Å². The number of thiophene rings is 1. The molecule has 0 unspecified atom stereocenters. The number of hydrogen-bond acceptors (Lipinski definition) is 4. The largest absolute Gasteiger partial charge is 0.398 e. The first-order valence-corrected chi connectivity index (χ1v) is 8.89. The average molecular weight is 318 g/mol. The molecular formula is C16H18N2OS2. The van der Waals surface area contributed by atoms with E-state index in [-0.39, 0.29) is 5.91 Å². The molecule has 0 fully saturated rings. The molecule has 3 N–H and O–H groups in total. The van der Waals surface area contributed by atoms with Gasteiger partial charge in [0.25, 0.3) is 5.91 Å². The maximum atomic E-state index is 12.5. The van der Waals surface area contributed by atoms with Crippen LogP contribution >= 0.6 is 23.1 Å². The van der Waals surface area contributed by atoms with Crippen molar-refractivity contribution in [2.24, 2.45) is 0 Å². The lowest BCUT2D eigenvalue weighted by Crippen LogP contribution is -2.13. The maximum Gasteiger partial charge on any atom is 0.265 e. The Labute approximate surface area is 132 Å². The van der Waals surface area contributed by atoms with Crippen molar-refractivity contribution in [3.63, 3.8) is 0 Å². The summed E-state index contributed by atoms with van der Waals surface area (Å²) < 4.78 is 0. The van der Waals surface area contributed by atoms with Crippen LogP contribution in [0.25, 0.3) is 0 Å². The van der Waals surface area contributed by atoms with Crippen LogP contribution in [0.2, 0.25) is 0 Å². The molecule has 1 aromatic carbocycles. The summed E-state index contributed by atoms with van der Waals surface area (Å²) in [6, 6.07) is 5.86. The minimum atomic E-state index is -0.0313. The van der Waals surface area contributed by atoms with E-state index in [1.165, 1.54) is 10.4 Å². The van der Waals surface area contributed by atoms with Gasteiger partial charge in [0.2, 0.25) is 0 Å². The van der Waals surface area contributed by atoms with Crippen molar-refractivity contribution < 1.29 is 4.79 Å². The summed E-state index contributed by atoms with van der Waals surface area (Å²) in [7, 11) is 0. The first-order chi connectivity index (χ1) is 10.1. The summed E-state index contributed by atoms with van der Waals surface area (Å²) in [5, 5.41) is 3.03. The molecular weight excluding hydrogens is 300 g/mol. The van der Waals surface area contributed by atoms with Gasteiger partial charge < -0.3 is 11.1 Å². The van der Waals surface area contributed by atoms with Crippen LogP contribution in [0.4, 0.5) is 11.4 Å². The Bertz CT molecular complexity index is 683. The summed E-state index contributed by atoms with van der Waals surface area (Å²) in [6.45, 7) is 3.92. The lowest BCUT2D eigenvalue weighted by Gasteiger charge is -2.12. The first kappa shape index (κ1) is 14.5. The second-order valence-corrected chi connectivity index (χ2v) is 7.53. The monoisotopic (exact) mass is 318 g/mol. The van der Waals surface area contributed by atoms with Gasteiger partial charge in [0.1, 0.15) is 0 Å². The first-order valence-electron chi connectivity index (χ1n) is 6.92. The number of carbonyl (C=O) groups excluding carboxylic acids is 1. The van der Waals surface area contributed by atoms with Gasteiger partial charge in [0.05, 0.1) is 4.88 Å². The van der Waals surface area contributed by atoms with Crippen molar-refractivity contribution in [2.45, 2.75) is 26.0 Å². The zero-order valence-electron chi connectivity index (χ0n) is 12.2. The third-order valence-corrected chi connectivity index (χ3v) is 6.05. The fourth-order valence-electron chi connectivity index (χ4n) is 2.49. The van der Waals surface area contributed by atoms with Gasteiger partial charge in [-0.1, -0.05) is 6.07 Å². The molecule has 0 saturated carbocycles. The van der Waals surface area contributed by atoms with Gasteiger partial charge in [0, 0.05) is 22.0 Å². The second-order valence-electron chi connectivity index (χ2n) is 5.29. The highest BCUT2D eigenvalue weighted by Gasteiger charge is 2.18. The highest BCUT2D eigenvalue weighted by molar-refractivity contribution is 7.98. The Balaban J connectivity index is 1.87. The van der Waals surface area contributed by atoms with E-state index in [2.05, 4.69) is 5.32 Å². The minimum Gasteiger partial charge on any atom is -0.398 e. The van der Waals surface area contributed by atoms with E-state index in [0.29, 0.717) is 5.69 Å².